The van der Waals surface area contributed by atoms with Crippen LogP contribution in [0.1, 0.15) is 62.4 Å². The summed E-state index contributed by atoms with van der Waals surface area (Å²) in [4.78, 5) is 48.8. The molecule has 1 amide bonds. The maximum absolute atomic E-state index is 14.1. The first-order chi connectivity index (χ1) is 19.0. The van der Waals surface area contributed by atoms with E-state index >= 15 is 0 Å². The molecule has 1 atom stereocenters. The van der Waals surface area contributed by atoms with Crippen LogP contribution in [0, 0.1) is 0 Å². The summed E-state index contributed by atoms with van der Waals surface area (Å²) in [6.45, 7) is 8.22. The standard InChI is InChI=1S/C30H31N3O4S2/c1-4-6-7-8-11-16-32-21-14-10-9-13-20(21)24(27(32)34)26-28(35)33-25(22-15-12-18-38-22)23(29(36)37-17-5-2)19(3)31-30(33)39-26/h5,9-10,12-15,18,25H,2,4,6-8,11,16-17H2,1,3H3/b26-24-. The van der Waals surface area contributed by atoms with E-state index in [1.807, 2.05) is 41.8 Å². The Morgan fingerprint density at radius 1 is 1.13 bits per heavy atom. The fourth-order valence-electron chi connectivity index (χ4n) is 5.16. The first-order valence-electron chi connectivity index (χ1n) is 13.3. The lowest BCUT2D eigenvalue weighted by Crippen LogP contribution is -2.40. The fraction of sp³-hybridized carbons (Fsp3) is 0.333. The van der Waals surface area contributed by atoms with Crippen LogP contribution in [0.15, 0.2) is 75.5 Å². The maximum atomic E-state index is 14.1. The number of fused-ring (bicyclic) bond motifs is 2. The van der Waals surface area contributed by atoms with Gasteiger partial charge in [0.15, 0.2) is 4.80 Å². The molecule has 7 nitrogen and oxygen atoms in total. The number of esters is 1. The van der Waals surface area contributed by atoms with Crippen molar-refractivity contribution in [3.05, 3.63) is 95.8 Å². The van der Waals surface area contributed by atoms with Crippen LogP contribution >= 0.6 is 22.7 Å². The van der Waals surface area contributed by atoms with Crippen molar-refractivity contribution in [2.75, 3.05) is 18.1 Å². The minimum atomic E-state index is -0.686. The summed E-state index contributed by atoms with van der Waals surface area (Å²) in [5.41, 5.74) is 2.47. The number of allylic oxidation sites excluding steroid dienone is 1. The molecule has 2 aliphatic rings. The topological polar surface area (TPSA) is 81.0 Å². The molecule has 1 unspecified atom stereocenters. The highest BCUT2D eigenvalue weighted by atomic mass is 32.1. The lowest BCUT2D eigenvalue weighted by Gasteiger charge is -2.23. The number of para-hydroxylation sites is 1. The third-order valence-corrected chi connectivity index (χ3v) is 8.98. The van der Waals surface area contributed by atoms with E-state index in [4.69, 9.17) is 4.74 Å². The van der Waals surface area contributed by atoms with Crippen molar-refractivity contribution in [1.29, 1.82) is 0 Å². The van der Waals surface area contributed by atoms with Gasteiger partial charge in [-0.15, -0.1) is 11.3 Å². The second kappa shape index (κ2) is 11.7. The van der Waals surface area contributed by atoms with Gasteiger partial charge in [0.1, 0.15) is 17.2 Å². The van der Waals surface area contributed by atoms with E-state index in [9.17, 15) is 14.4 Å². The molecule has 2 aliphatic heterocycles. The number of amides is 1. The number of rotatable bonds is 10. The zero-order valence-electron chi connectivity index (χ0n) is 22.1. The molecule has 0 saturated heterocycles. The number of carbonyl (C=O) groups is 2. The second-order valence-electron chi connectivity index (χ2n) is 9.57. The Balaban J connectivity index is 1.64. The number of aromatic nitrogens is 1. The van der Waals surface area contributed by atoms with E-state index in [1.54, 1.807) is 16.4 Å². The van der Waals surface area contributed by atoms with Crippen molar-refractivity contribution in [3.8, 4) is 0 Å². The Morgan fingerprint density at radius 2 is 1.92 bits per heavy atom. The minimum absolute atomic E-state index is 0.0565. The van der Waals surface area contributed by atoms with Gasteiger partial charge in [0, 0.05) is 17.0 Å². The molecular weight excluding hydrogens is 530 g/mol. The number of thiazole rings is 1. The molecule has 0 aliphatic carbocycles. The van der Waals surface area contributed by atoms with Crippen LogP contribution in [-0.2, 0) is 14.3 Å². The Labute approximate surface area is 235 Å². The van der Waals surface area contributed by atoms with E-state index in [0.29, 0.717) is 32.7 Å². The van der Waals surface area contributed by atoms with Crippen LogP contribution < -0.4 is 19.8 Å². The van der Waals surface area contributed by atoms with Gasteiger partial charge in [0.25, 0.3) is 11.5 Å². The largest absolute Gasteiger partial charge is 0.458 e. The molecule has 0 fully saturated rings. The van der Waals surface area contributed by atoms with Crippen LogP contribution in [0.5, 0.6) is 0 Å². The SMILES string of the molecule is C=CCOC(=O)C1=C(C)N=c2s/c(=C3\C(=O)N(CCCCCCC)c4ccccc43)c(=O)n2C1c1cccs1. The molecule has 0 saturated carbocycles. The summed E-state index contributed by atoms with van der Waals surface area (Å²) in [5, 5.41) is 1.91. The fourth-order valence-corrected chi connectivity index (χ4v) is 7.12. The average molecular weight is 562 g/mol. The van der Waals surface area contributed by atoms with Gasteiger partial charge in [0.05, 0.1) is 22.5 Å². The number of ether oxygens (including phenoxy) is 1. The lowest BCUT2D eigenvalue weighted by atomic mass is 10.0. The van der Waals surface area contributed by atoms with E-state index in [2.05, 4.69) is 18.5 Å². The molecule has 0 radical (unpaired) electrons. The molecule has 39 heavy (non-hydrogen) atoms. The molecule has 0 N–H and O–H groups in total. The highest BCUT2D eigenvalue weighted by molar-refractivity contribution is 7.10. The predicted molar refractivity (Wildman–Crippen MR) is 156 cm³/mol. The molecule has 0 spiro atoms. The number of anilines is 1. The minimum Gasteiger partial charge on any atom is -0.458 e. The van der Waals surface area contributed by atoms with Crippen LogP contribution in [0.4, 0.5) is 5.69 Å². The van der Waals surface area contributed by atoms with Crippen molar-refractivity contribution >= 4 is 45.8 Å². The van der Waals surface area contributed by atoms with Crippen LogP contribution in [-0.4, -0.2) is 29.6 Å². The predicted octanol–water partition coefficient (Wildman–Crippen LogP) is 4.71. The molecule has 9 heteroatoms. The monoisotopic (exact) mass is 561 g/mol. The zero-order chi connectivity index (χ0) is 27.5. The third kappa shape index (κ3) is 4.96. The third-order valence-electron chi connectivity index (χ3n) is 7.00. The van der Waals surface area contributed by atoms with Gasteiger partial charge in [-0.25, -0.2) is 9.79 Å². The maximum Gasteiger partial charge on any atom is 0.338 e. The van der Waals surface area contributed by atoms with Crippen LogP contribution in [0.2, 0.25) is 0 Å². The highest BCUT2D eigenvalue weighted by Crippen LogP contribution is 2.36. The van der Waals surface area contributed by atoms with Crippen molar-refractivity contribution in [3.63, 3.8) is 0 Å². The van der Waals surface area contributed by atoms with Gasteiger partial charge < -0.3 is 9.64 Å². The molecule has 1 aromatic carbocycles. The van der Waals surface area contributed by atoms with Gasteiger partial charge >= 0.3 is 5.97 Å². The molecule has 0 bridgehead atoms. The first-order valence-corrected chi connectivity index (χ1v) is 14.9. The smallest absolute Gasteiger partial charge is 0.338 e. The number of thiophene rings is 1. The summed E-state index contributed by atoms with van der Waals surface area (Å²) in [7, 11) is 0. The van der Waals surface area contributed by atoms with Crippen LogP contribution in [0.25, 0.3) is 5.57 Å². The summed E-state index contributed by atoms with van der Waals surface area (Å²) < 4.78 is 7.27. The van der Waals surface area contributed by atoms with Crippen LogP contribution in [0.3, 0.4) is 0 Å². The summed E-state index contributed by atoms with van der Waals surface area (Å²) in [6, 6.07) is 10.7. The number of hydrogen-bond acceptors (Lipinski definition) is 7. The Bertz CT molecular complexity index is 1630. The van der Waals surface area contributed by atoms with Gasteiger partial charge in [-0.3, -0.25) is 14.2 Å². The van der Waals surface area contributed by atoms with E-state index in [-0.39, 0.29) is 18.1 Å². The number of hydrogen-bond donors (Lipinski definition) is 0. The van der Waals surface area contributed by atoms with Gasteiger partial charge in [-0.1, -0.05) is 80.9 Å². The van der Waals surface area contributed by atoms with E-state index in [0.717, 1.165) is 41.8 Å². The zero-order valence-corrected chi connectivity index (χ0v) is 23.8. The van der Waals surface area contributed by atoms with Gasteiger partial charge in [-0.2, -0.15) is 0 Å². The molecule has 5 rings (SSSR count). The Hall–Kier alpha value is -3.56. The van der Waals surface area contributed by atoms with Crippen molar-refractivity contribution in [2.45, 2.75) is 52.0 Å². The molecule has 3 aromatic rings. The number of unbranched alkanes of at least 4 members (excludes halogenated alkanes) is 4. The number of carbonyl (C=O) groups excluding carboxylic acids is 2. The Kier molecular flexibility index (Phi) is 8.09. The summed E-state index contributed by atoms with van der Waals surface area (Å²) in [6.07, 6.45) is 6.96. The highest BCUT2D eigenvalue weighted by Gasteiger charge is 2.37. The summed E-state index contributed by atoms with van der Waals surface area (Å²) in [5.74, 6) is -0.699. The first kappa shape index (κ1) is 27.0. The Morgan fingerprint density at radius 3 is 2.67 bits per heavy atom. The van der Waals surface area contributed by atoms with Crippen molar-refractivity contribution in [2.24, 2.45) is 4.99 Å². The van der Waals surface area contributed by atoms with E-state index in [1.165, 1.54) is 35.2 Å². The van der Waals surface area contributed by atoms with Gasteiger partial charge in [-0.05, 0) is 30.9 Å². The normalized spacial score (nSPS) is 17.6. The van der Waals surface area contributed by atoms with Gasteiger partial charge in [0.2, 0.25) is 0 Å². The summed E-state index contributed by atoms with van der Waals surface area (Å²) >= 11 is 2.65. The molecule has 202 valence electrons. The van der Waals surface area contributed by atoms with Crippen molar-refractivity contribution in [1.82, 2.24) is 4.57 Å². The molecule has 2 aromatic heterocycles. The quantitative estimate of drug-likeness (QED) is 0.204. The van der Waals surface area contributed by atoms with Crippen molar-refractivity contribution < 1.29 is 14.3 Å². The molecule has 4 heterocycles. The van der Waals surface area contributed by atoms with E-state index < -0.39 is 12.0 Å². The second-order valence-corrected chi connectivity index (χ2v) is 11.5. The lowest BCUT2D eigenvalue weighted by molar-refractivity contribution is -0.138. The average Bonchev–Trinajstić information content (AvgIpc) is 3.64. The number of nitrogens with zero attached hydrogens (tertiary/aromatic N) is 3. The number of benzene rings is 1. The molecular formula is C30H31N3O4S2.